The maximum Gasteiger partial charge on any atom is 0.300 e. The number of amides is 1. The van der Waals surface area contributed by atoms with Crippen molar-refractivity contribution in [1.29, 1.82) is 0 Å². The first kappa shape index (κ1) is 28.9. The van der Waals surface area contributed by atoms with E-state index in [1.165, 1.54) is 0 Å². The number of aryl methyl sites for hydroxylation is 2. The lowest BCUT2D eigenvalue weighted by Crippen LogP contribution is -2.28. The molecule has 9 nitrogen and oxygen atoms in total. The number of anilines is 1. The average Bonchev–Trinajstić information content (AvgIpc) is 3.22. The zero-order valence-electron chi connectivity index (χ0n) is 20.9. The van der Waals surface area contributed by atoms with E-state index in [4.69, 9.17) is 19.8 Å². The number of carboxylic acids is 2. The highest BCUT2D eigenvalue weighted by atomic mass is 16.4. The molecule has 1 amide bonds. The van der Waals surface area contributed by atoms with Crippen LogP contribution >= 0.6 is 0 Å². The molecule has 1 heterocycles. The van der Waals surface area contributed by atoms with Crippen molar-refractivity contribution in [1.82, 2.24) is 14.5 Å². The number of carboxylic acid groups (broad SMARTS) is 2. The molecule has 188 valence electrons. The molecule has 0 bridgehead atoms. The van der Waals surface area contributed by atoms with Gasteiger partial charge in [0, 0.05) is 71.6 Å². The summed E-state index contributed by atoms with van der Waals surface area (Å²) in [5.41, 5.74) is 3.93. The summed E-state index contributed by atoms with van der Waals surface area (Å²) in [6, 6.07) is 16.0. The lowest BCUT2D eigenvalue weighted by Gasteiger charge is -2.17. The Morgan fingerprint density at radius 2 is 1.60 bits per heavy atom. The van der Waals surface area contributed by atoms with Gasteiger partial charge in [0.25, 0.3) is 17.8 Å². The van der Waals surface area contributed by atoms with Gasteiger partial charge in [-0.1, -0.05) is 24.3 Å². The molecule has 2 aromatic carbocycles. The predicted octanol–water partition coefficient (Wildman–Crippen LogP) is 4.02. The Morgan fingerprint density at radius 3 is 2.11 bits per heavy atom. The summed E-state index contributed by atoms with van der Waals surface area (Å²) in [5.74, 6) is -0.577. The zero-order valence-corrected chi connectivity index (χ0v) is 20.9. The molecule has 0 atom stereocenters. The number of hydrogen-bond acceptors (Lipinski definition) is 5. The van der Waals surface area contributed by atoms with E-state index >= 15 is 0 Å². The van der Waals surface area contributed by atoms with Gasteiger partial charge in [0.1, 0.15) is 5.82 Å². The summed E-state index contributed by atoms with van der Waals surface area (Å²) in [6.45, 7) is 2.87. The van der Waals surface area contributed by atoms with Gasteiger partial charge in [-0.2, -0.15) is 0 Å². The van der Waals surface area contributed by atoms with Crippen molar-refractivity contribution in [3.05, 3.63) is 72.3 Å². The van der Waals surface area contributed by atoms with Gasteiger partial charge in [-0.05, 0) is 41.8 Å². The number of nitrogens with one attached hydrogen (secondary N) is 1. The molecule has 35 heavy (non-hydrogen) atoms. The topological polar surface area (TPSA) is 125 Å². The number of rotatable bonds is 7. The predicted molar refractivity (Wildman–Crippen MR) is 137 cm³/mol. The van der Waals surface area contributed by atoms with Crippen LogP contribution in [0.15, 0.2) is 60.9 Å². The monoisotopic (exact) mass is 482 g/mol. The van der Waals surface area contributed by atoms with Gasteiger partial charge in [-0.25, -0.2) is 4.98 Å². The number of benzene rings is 2. The van der Waals surface area contributed by atoms with Crippen LogP contribution in [0, 0.1) is 0 Å². The van der Waals surface area contributed by atoms with Gasteiger partial charge in [-0.15, -0.1) is 0 Å². The number of nitrogens with zero attached hydrogens (tertiary/aromatic N) is 3. The van der Waals surface area contributed by atoms with Gasteiger partial charge in [-0.3, -0.25) is 14.4 Å². The lowest BCUT2D eigenvalue weighted by molar-refractivity contribution is -0.135. The number of aromatic nitrogens is 2. The normalized spacial score (nSPS) is 9.63. The molecule has 0 aliphatic carbocycles. The summed E-state index contributed by atoms with van der Waals surface area (Å²) in [6.07, 6.45) is 5.49. The Balaban J connectivity index is 0.000000668. The van der Waals surface area contributed by atoms with Crippen LogP contribution in [-0.2, 0) is 23.1 Å². The van der Waals surface area contributed by atoms with E-state index in [-0.39, 0.29) is 5.91 Å². The Bertz CT molecular complexity index is 1070. The number of aliphatic carboxylic acids is 2. The molecule has 3 N–H and O–H groups in total. The van der Waals surface area contributed by atoms with E-state index in [2.05, 4.69) is 22.4 Å². The molecule has 1 aromatic heterocycles. The van der Waals surface area contributed by atoms with Crippen molar-refractivity contribution < 1.29 is 24.6 Å². The molecule has 0 saturated carbocycles. The fourth-order valence-corrected chi connectivity index (χ4v) is 3.09. The summed E-state index contributed by atoms with van der Waals surface area (Å²) >= 11 is 0. The van der Waals surface area contributed by atoms with Gasteiger partial charge in [0.2, 0.25) is 0 Å². The van der Waals surface area contributed by atoms with Crippen LogP contribution in [0.4, 0.5) is 5.69 Å². The van der Waals surface area contributed by atoms with E-state index < -0.39 is 11.9 Å². The van der Waals surface area contributed by atoms with Crippen LogP contribution in [-0.4, -0.2) is 63.1 Å². The summed E-state index contributed by atoms with van der Waals surface area (Å²) in [4.78, 5) is 36.9. The van der Waals surface area contributed by atoms with Crippen LogP contribution in [0.25, 0.3) is 11.1 Å². The SMILES string of the molecule is CC(=O)O.CC(=O)O.CNc1ccc(-c2cccc(C(=O)N(C)CCCc3nccn3C)c2)cc1. The number of hydrogen-bond donors (Lipinski definition) is 3. The first-order valence-electron chi connectivity index (χ1n) is 11.0. The minimum atomic E-state index is -0.833. The Kier molecular flexibility index (Phi) is 12.3. The lowest BCUT2D eigenvalue weighted by atomic mass is 10.0. The maximum absolute atomic E-state index is 12.8. The highest BCUT2D eigenvalue weighted by molar-refractivity contribution is 5.95. The van der Waals surface area contributed by atoms with Crippen molar-refractivity contribution in [2.45, 2.75) is 26.7 Å². The number of carbonyl (C=O) groups is 3. The number of carbonyl (C=O) groups excluding carboxylic acids is 1. The first-order valence-corrected chi connectivity index (χ1v) is 11.0. The van der Waals surface area contributed by atoms with Crippen LogP contribution < -0.4 is 5.32 Å². The van der Waals surface area contributed by atoms with Crippen LogP contribution in [0.3, 0.4) is 0 Å². The van der Waals surface area contributed by atoms with Gasteiger partial charge < -0.3 is 25.0 Å². The molecule has 0 aliphatic rings. The fraction of sp³-hybridized carbons (Fsp3) is 0.308. The van der Waals surface area contributed by atoms with E-state index in [9.17, 15) is 4.79 Å². The quantitative estimate of drug-likeness (QED) is 0.465. The molecular formula is C26H34N4O5. The summed E-state index contributed by atoms with van der Waals surface area (Å²) < 4.78 is 2.02. The average molecular weight is 483 g/mol. The molecule has 0 fully saturated rings. The Hall–Kier alpha value is -4.14. The highest BCUT2D eigenvalue weighted by Crippen LogP contribution is 2.23. The minimum Gasteiger partial charge on any atom is -0.481 e. The molecule has 9 heteroatoms. The molecule has 0 unspecified atom stereocenters. The second-order valence-corrected chi connectivity index (χ2v) is 7.73. The molecule has 0 spiro atoms. The molecule has 0 saturated heterocycles. The van der Waals surface area contributed by atoms with Crippen LogP contribution in [0.5, 0.6) is 0 Å². The first-order chi connectivity index (χ1) is 16.5. The van der Waals surface area contributed by atoms with Crippen LogP contribution in [0.1, 0.15) is 36.5 Å². The molecule has 0 radical (unpaired) electrons. The number of imidazole rings is 1. The Labute approximate surface area is 206 Å². The van der Waals surface area contributed by atoms with Crippen LogP contribution in [0.2, 0.25) is 0 Å². The third-order valence-corrected chi connectivity index (χ3v) is 4.78. The second kappa shape index (κ2) is 14.9. The van der Waals surface area contributed by atoms with Crippen molar-refractivity contribution in [2.24, 2.45) is 7.05 Å². The standard InChI is InChI=1S/C22H26N4O.2C2H4O2/c1-23-20-11-9-17(10-12-20)18-6-4-7-19(16-18)22(27)26(3)14-5-8-21-24-13-15-25(21)2;2*1-2(3)4/h4,6-7,9-13,15-16,23H,5,8,14H2,1-3H3;2*1H3,(H,3,4). The van der Waals surface area contributed by atoms with Gasteiger partial charge >= 0.3 is 0 Å². The largest absolute Gasteiger partial charge is 0.481 e. The molecule has 3 aromatic rings. The highest BCUT2D eigenvalue weighted by Gasteiger charge is 2.13. The third kappa shape index (κ3) is 11.0. The zero-order chi connectivity index (χ0) is 26.4. The van der Waals surface area contributed by atoms with Crippen molar-refractivity contribution in [3.8, 4) is 11.1 Å². The Morgan fingerprint density at radius 1 is 1.00 bits per heavy atom. The van der Waals surface area contributed by atoms with Crippen molar-refractivity contribution in [3.63, 3.8) is 0 Å². The van der Waals surface area contributed by atoms with E-state index in [0.29, 0.717) is 12.1 Å². The van der Waals surface area contributed by atoms with E-state index in [0.717, 1.165) is 49.3 Å². The summed E-state index contributed by atoms with van der Waals surface area (Å²) in [7, 11) is 5.75. The maximum atomic E-state index is 12.8. The van der Waals surface area contributed by atoms with Gasteiger partial charge in [0.15, 0.2) is 0 Å². The molecular weight excluding hydrogens is 448 g/mol. The van der Waals surface area contributed by atoms with E-state index in [1.807, 2.05) is 68.3 Å². The smallest absolute Gasteiger partial charge is 0.300 e. The van der Waals surface area contributed by atoms with Gasteiger partial charge in [0.05, 0.1) is 0 Å². The minimum absolute atomic E-state index is 0.0449. The molecule has 3 rings (SSSR count). The van der Waals surface area contributed by atoms with E-state index in [1.54, 1.807) is 11.1 Å². The van der Waals surface area contributed by atoms with Crippen molar-refractivity contribution in [2.75, 3.05) is 26.0 Å². The molecule has 0 aliphatic heterocycles. The summed E-state index contributed by atoms with van der Waals surface area (Å²) in [5, 5.41) is 17.9. The second-order valence-electron chi connectivity index (χ2n) is 7.73. The fourth-order valence-electron chi connectivity index (χ4n) is 3.09. The van der Waals surface area contributed by atoms with Crippen molar-refractivity contribution >= 4 is 23.5 Å². The third-order valence-electron chi connectivity index (χ3n) is 4.78.